The van der Waals surface area contributed by atoms with Crippen LogP contribution in [0.15, 0.2) is 55.0 Å². The quantitative estimate of drug-likeness (QED) is 0.188. The molecule has 3 amide bonds. The van der Waals surface area contributed by atoms with Gasteiger partial charge in [-0.3, -0.25) is 19.7 Å². The average Bonchev–Trinajstić information content (AvgIpc) is 3.91. The van der Waals surface area contributed by atoms with Gasteiger partial charge in [0.2, 0.25) is 11.8 Å². The fourth-order valence-corrected chi connectivity index (χ4v) is 9.14. The third-order valence-electron chi connectivity index (χ3n) is 12.7. The van der Waals surface area contributed by atoms with Gasteiger partial charge in [0.1, 0.15) is 6.07 Å². The fraction of sp³-hybridized carbons (Fsp3) is 0.500. The van der Waals surface area contributed by atoms with Crippen LogP contribution in [0.2, 0.25) is 0 Å². The van der Waals surface area contributed by atoms with Gasteiger partial charge >= 0.3 is 0 Å². The first-order valence-corrected chi connectivity index (χ1v) is 20.0. The van der Waals surface area contributed by atoms with E-state index in [1.165, 1.54) is 31.1 Å². The summed E-state index contributed by atoms with van der Waals surface area (Å²) in [6.07, 6.45) is 15.9. The lowest BCUT2D eigenvalue weighted by molar-refractivity contribution is -0.134. The van der Waals surface area contributed by atoms with Crippen molar-refractivity contribution >= 4 is 40.1 Å². The van der Waals surface area contributed by atoms with Crippen LogP contribution in [0.4, 0.5) is 11.4 Å². The third kappa shape index (κ3) is 7.52. The number of fused-ring (bicyclic) bond motifs is 1. The summed E-state index contributed by atoms with van der Waals surface area (Å²) in [7, 11) is 0. The lowest BCUT2D eigenvalue weighted by Gasteiger charge is -2.55. The van der Waals surface area contributed by atoms with E-state index in [1.54, 1.807) is 23.1 Å². The Kier molecular flexibility index (Phi) is 9.46. The number of imide groups is 1. The highest BCUT2D eigenvalue weighted by Crippen LogP contribution is 2.43. The van der Waals surface area contributed by atoms with Crippen LogP contribution in [0.5, 0.6) is 0 Å². The van der Waals surface area contributed by atoms with Crippen LogP contribution in [0.25, 0.3) is 16.9 Å². The zero-order chi connectivity index (χ0) is 37.5. The highest BCUT2D eigenvalue weighted by atomic mass is 16.2. The lowest BCUT2D eigenvalue weighted by atomic mass is 9.71. The predicted octanol–water partition coefficient (Wildman–Crippen LogP) is 5.06. The first-order valence-electron chi connectivity index (χ1n) is 20.0. The van der Waals surface area contributed by atoms with Gasteiger partial charge in [-0.05, 0) is 114 Å². The zero-order valence-corrected chi connectivity index (χ0v) is 31.2. The summed E-state index contributed by atoms with van der Waals surface area (Å²) >= 11 is 0. The maximum absolute atomic E-state index is 13.6. The highest BCUT2D eigenvalue weighted by molar-refractivity contribution is 6.01. The van der Waals surface area contributed by atoms with Crippen molar-refractivity contribution in [1.82, 2.24) is 35.3 Å². The number of hydrogen-bond donors (Lipinski definition) is 3. The van der Waals surface area contributed by atoms with Gasteiger partial charge in [-0.2, -0.15) is 15.0 Å². The summed E-state index contributed by atoms with van der Waals surface area (Å²) in [6.45, 7) is 5.57. The normalized spacial score (nSPS) is 23.9. The maximum atomic E-state index is 13.6. The number of piperidine rings is 2. The van der Waals surface area contributed by atoms with Crippen LogP contribution in [0.1, 0.15) is 98.0 Å². The molecule has 5 aliphatic rings. The number of aromatic nitrogens is 4. The minimum Gasteiger partial charge on any atom is -0.382 e. The van der Waals surface area contributed by atoms with E-state index in [1.807, 2.05) is 18.2 Å². The Morgan fingerprint density at radius 3 is 2.51 bits per heavy atom. The van der Waals surface area contributed by atoms with Crippen molar-refractivity contribution in [3.63, 3.8) is 0 Å². The van der Waals surface area contributed by atoms with Gasteiger partial charge < -0.3 is 20.4 Å². The largest absolute Gasteiger partial charge is 0.382 e. The number of nitrogens with one attached hydrogen (secondary N) is 3. The number of benzene rings is 1. The molecule has 4 aromatic rings. The molecule has 55 heavy (non-hydrogen) atoms. The number of rotatable bonds is 10. The number of nitrogens with zero attached hydrogens (tertiary/aromatic N) is 7. The van der Waals surface area contributed by atoms with Gasteiger partial charge in [-0.25, -0.2) is 9.97 Å². The van der Waals surface area contributed by atoms with Crippen molar-refractivity contribution in [2.24, 2.45) is 11.3 Å². The summed E-state index contributed by atoms with van der Waals surface area (Å²) < 4.78 is 1.65. The van der Waals surface area contributed by atoms with Crippen molar-refractivity contribution in [2.45, 2.75) is 88.6 Å². The Labute approximate surface area is 320 Å². The van der Waals surface area contributed by atoms with Crippen LogP contribution in [0, 0.1) is 22.7 Å². The zero-order valence-electron chi connectivity index (χ0n) is 31.2. The number of hydrogen-bond acceptors (Lipinski definition) is 10. The topological polar surface area (TPSA) is 161 Å². The molecule has 0 bridgehead atoms. The monoisotopic (exact) mass is 740 g/mol. The molecule has 3 aliphatic heterocycles. The molecule has 2 aliphatic carbocycles. The van der Waals surface area contributed by atoms with E-state index in [0.717, 1.165) is 87.9 Å². The van der Waals surface area contributed by atoms with E-state index in [4.69, 9.17) is 0 Å². The van der Waals surface area contributed by atoms with Crippen LogP contribution < -0.4 is 20.9 Å². The van der Waals surface area contributed by atoms with Crippen LogP contribution >= 0.6 is 0 Å². The Balaban J connectivity index is 0.728. The van der Waals surface area contributed by atoms with E-state index in [-0.39, 0.29) is 29.7 Å². The van der Waals surface area contributed by atoms with E-state index in [9.17, 15) is 19.6 Å². The number of carbonyl (C=O) groups excluding carboxylic acids is 3. The minimum atomic E-state index is -0.245. The first-order chi connectivity index (χ1) is 26.8. The molecule has 6 heterocycles. The molecule has 5 fully saturated rings. The van der Waals surface area contributed by atoms with Gasteiger partial charge in [0, 0.05) is 66.5 Å². The molecule has 1 aromatic carbocycles. The molecule has 0 radical (unpaired) electrons. The Morgan fingerprint density at radius 1 is 0.945 bits per heavy atom. The van der Waals surface area contributed by atoms with Crippen molar-refractivity contribution in [3.05, 3.63) is 71.7 Å². The third-order valence-corrected chi connectivity index (χ3v) is 12.7. The standard InChI is InChI=1S/C42H48N10O3/c43-21-28-18-30-23-46-52(39(30)45-22-28)37-20-36(47-31-8-9-31)35(24-44-37)41(55)48-32-6-4-27(5-7-32)12-15-50-16-13-42(14-17-50)25-51(26-42)33-3-1-2-29(19-33)34-10-11-38(53)49-40(34)54/h1-3,18-20,22-24,27,31-32,34H,4-17,25-26H2,(H,44,47)(H,48,55)(H,49,53,54). The number of anilines is 2. The average molecular weight is 741 g/mol. The van der Waals surface area contributed by atoms with Gasteiger partial charge in [-0.15, -0.1) is 0 Å². The van der Waals surface area contributed by atoms with Gasteiger partial charge in [0.15, 0.2) is 11.5 Å². The second-order valence-corrected chi connectivity index (χ2v) is 16.6. The molecular formula is C42H48N10O3. The molecule has 1 unspecified atom stereocenters. The van der Waals surface area contributed by atoms with Crippen molar-refractivity contribution < 1.29 is 14.4 Å². The van der Waals surface area contributed by atoms with Crippen molar-refractivity contribution in [1.29, 1.82) is 5.26 Å². The second kappa shape index (κ2) is 14.7. The molecular weight excluding hydrogens is 693 g/mol. The molecule has 1 atom stereocenters. The maximum Gasteiger partial charge on any atom is 0.255 e. The molecule has 9 rings (SSSR count). The second-order valence-electron chi connectivity index (χ2n) is 16.6. The van der Waals surface area contributed by atoms with Gasteiger partial charge in [0.05, 0.1) is 28.9 Å². The Hall–Kier alpha value is -5.35. The molecule has 13 heteroatoms. The first kappa shape index (κ1) is 35.4. The van der Waals surface area contributed by atoms with E-state index in [0.29, 0.717) is 52.8 Å². The Bertz CT molecular complexity index is 2150. The number of pyridine rings is 2. The molecule has 284 valence electrons. The fourth-order valence-electron chi connectivity index (χ4n) is 9.14. The summed E-state index contributed by atoms with van der Waals surface area (Å²) in [5.41, 5.74) is 4.96. The highest BCUT2D eigenvalue weighted by Gasteiger charge is 2.45. The minimum absolute atomic E-state index is 0.0911. The number of carbonyl (C=O) groups is 3. The summed E-state index contributed by atoms with van der Waals surface area (Å²) in [6, 6.07) is 14.6. The Morgan fingerprint density at radius 2 is 1.75 bits per heavy atom. The molecule has 2 saturated carbocycles. The van der Waals surface area contributed by atoms with Crippen LogP contribution in [-0.4, -0.2) is 87.2 Å². The number of nitriles is 1. The van der Waals surface area contributed by atoms with Gasteiger partial charge in [-0.1, -0.05) is 12.1 Å². The molecule has 13 nitrogen and oxygen atoms in total. The van der Waals surface area contributed by atoms with Crippen LogP contribution in [-0.2, 0) is 9.59 Å². The molecule has 3 N–H and O–H groups in total. The predicted molar refractivity (Wildman–Crippen MR) is 208 cm³/mol. The smallest absolute Gasteiger partial charge is 0.255 e. The van der Waals surface area contributed by atoms with E-state index < -0.39 is 0 Å². The van der Waals surface area contributed by atoms with Crippen molar-refractivity contribution in [2.75, 3.05) is 42.9 Å². The van der Waals surface area contributed by atoms with Crippen LogP contribution in [0.3, 0.4) is 0 Å². The number of amides is 3. The van der Waals surface area contributed by atoms with E-state index in [2.05, 4.69) is 59.0 Å². The summed E-state index contributed by atoms with van der Waals surface area (Å²) in [5.74, 6) is 0.573. The summed E-state index contributed by atoms with van der Waals surface area (Å²) in [5, 5.41) is 23.8. The molecule has 3 saturated heterocycles. The number of likely N-dealkylation sites (tertiary alicyclic amines) is 1. The van der Waals surface area contributed by atoms with Gasteiger partial charge in [0.25, 0.3) is 5.91 Å². The summed E-state index contributed by atoms with van der Waals surface area (Å²) in [4.78, 5) is 51.8. The lowest BCUT2D eigenvalue weighted by Crippen LogP contribution is -2.60. The SMILES string of the molecule is N#Cc1cnc2c(cnn2-c2cc(NC3CC3)c(C(=O)NC3CCC(CCN4CCC5(CC4)CN(c4cccc(C6CCC(=O)NC6=O)c4)C5)CC3)cn2)c1. The molecule has 3 aromatic heterocycles. The molecule has 1 spiro atoms. The van der Waals surface area contributed by atoms with Crippen molar-refractivity contribution in [3.8, 4) is 11.9 Å². The van der Waals surface area contributed by atoms with E-state index >= 15 is 0 Å².